The molecular weight excluding hydrogens is 224 g/mol. The molecule has 0 saturated carbocycles. The summed E-state index contributed by atoms with van der Waals surface area (Å²) in [5.74, 6) is 0. The molecule has 1 aliphatic heterocycles. The lowest BCUT2D eigenvalue weighted by Gasteiger charge is -2.44. The molecule has 0 aliphatic carbocycles. The van der Waals surface area contributed by atoms with Gasteiger partial charge in [0.25, 0.3) is 0 Å². The Morgan fingerprint density at radius 2 is 2.06 bits per heavy atom. The number of rotatable bonds is 4. The molecule has 2 heterocycles. The van der Waals surface area contributed by atoms with Gasteiger partial charge in [-0.25, -0.2) is 0 Å². The Balaban J connectivity index is 2.07. The molecule has 1 aliphatic rings. The summed E-state index contributed by atoms with van der Waals surface area (Å²) in [6.07, 6.45) is 3.76. The number of aromatic nitrogens is 1. The van der Waals surface area contributed by atoms with Crippen molar-refractivity contribution < 1.29 is 0 Å². The molecule has 0 radical (unpaired) electrons. The SMILES string of the molecule is CNCC1CN(C)CC(C)N1Cc1ccncc1. The first-order chi connectivity index (χ1) is 8.70. The van der Waals surface area contributed by atoms with Gasteiger partial charge in [-0.1, -0.05) is 0 Å². The van der Waals surface area contributed by atoms with Crippen LogP contribution >= 0.6 is 0 Å². The molecule has 2 unspecified atom stereocenters. The van der Waals surface area contributed by atoms with Crippen molar-refractivity contribution in [1.29, 1.82) is 0 Å². The Labute approximate surface area is 110 Å². The van der Waals surface area contributed by atoms with Crippen molar-refractivity contribution in [2.24, 2.45) is 0 Å². The second kappa shape index (κ2) is 6.27. The van der Waals surface area contributed by atoms with Crippen LogP contribution in [0.1, 0.15) is 12.5 Å². The van der Waals surface area contributed by atoms with E-state index in [9.17, 15) is 0 Å². The molecule has 1 aromatic rings. The van der Waals surface area contributed by atoms with Gasteiger partial charge in [-0.15, -0.1) is 0 Å². The molecule has 0 bridgehead atoms. The van der Waals surface area contributed by atoms with Crippen LogP contribution in [0.25, 0.3) is 0 Å². The van der Waals surface area contributed by atoms with Gasteiger partial charge in [-0.05, 0) is 38.7 Å². The normalized spacial score (nSPS) is 26.4. The second-order valence-electron chi connectivity index (χ2n) is 5.31. The maximum atomic E-state index is 4.09. The fourth-order valence-corrected chi connectivity index (χ4v) is 2.86. The number of piperazine rings is 1. The molecule has 2 atom stereocenters. The lowest BCUT2D eigenvalue weighted by Crippen LogP contribution is -2.58. The van der Waals surface area contributed by atoms with E-state index >= 15 is 0 Å². The third kappa shape index (κ3) is 3.28. The minimum absolute atomic E-state index is 0.580. The number of nitrogens with one attached hydrogen (secondary N) is 1. The third-order valence-corrected chi connectivity index (χ3v) is 3.69. The van der Waals surface area contributed by atoms with Crippen LogP contribution in [-0.4, -0.2) is 60.6 Å². The highest BCUT2D eigenvalue weighted by Crippen LogP contribution is 2.17. The van der Waals surface area contributed by atoms with Crippen molar-refractivity contribution in [3.05, 3.63) is 30.1 Å². The van der Waals surface area contributed by atoms with Gasteiger partial charge in [-0.3, -0.25) is 9.88 Å². The zero-order valence-electron chi connectivity index (χ0n) is 11.6. The van der Waals surface area contributed by atoms with E-state index < -0.39 is 0 Å². The van der Waals surface area contributed by atoms with E-state index in [1.54, 1.807) is 0 Å². The smallest absolute Gasteiger partial charge is 0.0354 e. The lowest BCUT2D eigenvalue weighted by molar-refractivity contribution is 0.0379. The van der Waals surface area contributed by atoms with Crippen LogP contribution in [0, 0.1) is 0 Å². The highest BCUT2D eigenvalue weighted by atomic mass is 15.3. The number of hydrogen-bond acceptors (Lipinski definition) is 4. The van der Waals surface area contributed by atoms with E-state index in [0.29, 0.717) is 12.1 Å². The van der Waals surface area contributed by atoms with Crippen LogP contribution in [0.3, 0.4) is 0 Å². The largest absolute Gasteiger partial charge is 0.318 e. The molecule has 4 heteroatoms. The van der Waals surface area contributed by atoms with Gasteiger partial charge in [0.2, 0.25) is 0 Å². The molecule has 1 saturated heterocycles. The number of hydrogen-bond donors (Lipinski definition) is 1. The lowest BCUT2D eigenvalue weighted by atomic mass is 10.1. The van der Waals surface area contributed by atoms with Crippen LogP contribution in [0.15, 0.2) is 24.5 Å². The van der Waals surface area contributed by atoms with Crippen LogP contribution in [0.2, 0.25) is 0 Å². The summed E-state index contributed by atoms with van der Waals surface area (Å²) in [5, 5.41) is 3.31. The van der Waals surface area contributed by atoms with E-state index in [1.807, 2.05) is 19.4 Å². The van der Waals surface area contributed by atoms with Crippen LogP contribution in [0.4, 0.5) is 0 Å². The summed E-state index contributed by atoms with van der Waals surface area (Å²) in [6, 6.07) is 5.40. The predicted molar refractivity (Wildman–Crippen MR) is 74.5 cm³/mol. The quantitative estimate of drug-likeness (QED) is 0.854. The first-order valence-corrected chi connectivity index (χ1v) is 6.68. The van der Waals surface area contributed by atoms with E-state index in [0.717, 1.165) is 26.2 Å². The van der Waals surface area contributed by atoms with E-state index in [2.05, 4.69) is 46.2 Å². The average molecular weight is 248 g/mol. The fourth-order valence-electron chi connectivity index (χ4n) is 2.86. The molecule has 100 valence electrons. The number of likely N-dealkylation sites (N-methyl/N-ethyl adjacent to an activating group) is 2. The van der Waals surface area contributed by atoms with Crippen LogP contribution in [0.5, 0.6) is 0 Å². The molecule has 1 N–H and O–H groups in total. The van der Waals surface area contributed by atoms with Gasteiger partial charge in [0, 0.05) is 50.7 Å². The average Bonchev–Trinajstić information content (AvgIpc) is 2.35. The first kappa shape index (κ1) is 13.5. The molecule has 0 amide bonds. The van der Waals surface area contributed by atoms with Gasteiger partial charge >= 0.3 is 0 Å². The molecular formula is C14H24N4. The molecule has 2 rings (SSSR count). The summed E-state index contributed by atoms with van der Waals surface area (Å²) < 4.78 is 0. The molecule has 0 aromatic carbocycles. The summed E-state index contributed by atoms with van der Waals surface area (Å²) in [5.41, 5.74) is 1.35. The highest BCUT2D eigenvalue weighted by molar-refractivity contribution is 5.10. The van der Waals surface area contributed by atoms with E-state index in [4.69, 9.17) is 0 Å². The Morgan fingerprint density at radius 3 is 2.72 bits per heavy atom. The minimum atomic E-state index is 0.580. The zero-order valence-corrected chi connectivity index (χ0v) is 11.6. The summed E-state index contributed by atoms with van der Waals surface area (Å²) in [4.78, 5) is 9.12. The molecule has 1 aromatic heterocycles. The Kier molecular flexibility index (Phi) is 4.69. The number of pyridine rings is 1. The van der Waals surface area contributed by atoms with Crippen molar-refractivity contribution in [3.8, 4) is 0 Å². The van der Waals surface area contributed by atoms with Gasteiger partial charge in [0.1, 0.15) is 0 Å². The van der Waals surface area contributed by atoms with Gasteiger partial charge in [0.05, 0.1) is 0 Å². The van der Waals surface area contributed by atoms with Gasteiger partial charge < -0.3 is 10.2 Å². The summed E-state index contributed by atoms with van der Waals surface area (Å²) in [7, 11) is 4.24. The first-order valence-electron chi connectivity index (χ1n) is 6.68. The van der Waals surface area contributed by atoms with Gasteiger partial charge in [0.15, 0.2) is 0 Å². The second-order valence-corrected chi connectivity index (χ2v) is 5.31. The molecule has 1 fully saturated rings. The van der Waals surface area contributed by atoms with Crippen molar-refractivity contribution in [3.63, 3.8) is 0 Å². The predicted octanol–water partition coefficient (Wildman–Crippen LogP) is 0.805. The van der Waals surface area contributed by atoms with Gasteiger partial charge in [-0.2, -0.15) is 0 Å². The van der Waals surface area contributed by atoms with Crippen LogP contribution in [-0.2, 0) is 6.54 Å². The Hall–Kier alpha value is -0.970. The van der Waals surface area contributed by atoms with E-state index in [-0.39, 0.29) is 0 Å². The topological polar surface area (TPSA) is 31.4 Å². The fraction of sp³-hybridized carbons (Fsp3) is 0.643. The van der Waals surface area contributed by atoms with Crippen molar-refractivity contribution in [2.75, 3.05) is 33.7 Å². The number of nitrogens with zero attached hydrogens (tertiary/aromatic N) is 3. The zero-order chi connectivity index (χ0) is 13.0. The maximum absolute atomic E-state index is 4.09. The molecule has 0 spiro atoms. The molecule has 18 heavy (non-hydrogen) atoms. The maximum Gasteiger partial charge on any atom is 0.0354 e. The third-order valence-electron chi connectivity index (χ3n) is 3.69. The molecule has 4 nitrogen and oxygen atoms in total. The Bertz CT molecular complexity index is 354. The van der Waals surface area contributed by atoms with E-state index in [1.165, 1.54) is 5.56 Å². The van der Waals surface area contributed by atoms with Crippen molar-refractivity contribution >= 4 is 0 Å². The van der Waals surface area contributed by atoms with Crippen molar-refractivity contribution in [1.82, 2.24) is 20.1 Å². The summed E-state index contributed by atoms with van der Waals surface area (Å²) >= 11 is 0. The monoisotopic (exact) mass is 248 g/mol. The summed E-state index contributed by atoms with van der Waals surface area (Å²) in [6.45, 7) is 6.66. The standard InChI is InChI=1S/C14H24N4/c1-12-9-17(3)11-14(8-15-2)18(12)10-13-4-6-16-7-5-13/h4-7,12,14-15H,8-11H2,1-3H3. The Morgan fingerprint density at radius 1 is 1.33 bits per heavy atom. The van der Waals surface area contributed by atoms with Crippen LogP contribution < -0.4 is 5.32 Å². The van der Waals surface area contributed by atoms with Crippen molar-refractivity contribution in [2.45, 2.75) is 25.6 Å². The highest BCUT2D eigenvalue weighted by Gasteiger charge is 2.29. The minimum Gasteiger partial charge on any atom is -0.318 e.